The van der Waals surface area contributed by atoms with Crippen LogP contribution in [0.3, 0.4) is 0 Å². The number of hydrogen-bond acceptors (Lipinski definition) is 3. The first-order valence-corrected chi connectivity index (χ1v) is 7.96. The molecule has 0 fully saturated rings. The molecule has 0 bridgehead atoms. The molecule has 0 radical (unpaired) electrons. The van der Waals surface area contributed by atoms with E-state index in [1.807, 2.05) is 32.1 Å². The van der Waals surface area contributed by atoms with E-state index in [4.69, 9.17) is 5.11 Å². The molecule has 1 aliphatic rings. The average molecular weight is 338 g/mol. The van der Waals surface area contributed by atoms with Crippen molar-refractivity contribution in [2.75, 3.05) is 0 Å². The lowest BCUT2D eigenvalue weighted by molar-refractivity contribution is 0.0697. The largest absolute Gasteiger partial charge is 0.478 e. The maximum absolute atomic E-state index is 12.9. The molecule has 1 heterocycles. The molecule has 6 heteroatoms. The molecule has 0 aliphatic heterocycles. The molecule has 0 saturated carbocycles. The van der Waals surface area contributed by atoms with Gasteiger partial charge in [0, 0.05) is 5.41 Å². The minimum Gasteiger partial charge on any atom is -0.478 e. The van der Waals surface area contributed by atoms with Gasteiger partial charge in [0.2, 0.25) is 0 Å². The van der Waals surface area contributed by atoms with E-state index in [1.54, 1.807) is 6.08 Å². The maximum atomic E-state index is 12.9. The normalized spacial score (nSPS) is 18.6. The zero-order chi connectivity index (χ0) is 18.2. The zero-order valence-corrected chi connectivity index (χ0v) is 13.9. The number of rotatable bonds is 3. The Hall–Kier alpha value is -3.15. The number of allylic oxidation sites excluding steroid dienone is 2. The number of carbonyl (C=O) groups is 1. The predicted molar refractivity (Wildman–Crippen MR) is 95.3 cm³/mol. The molecule has 1 aromatic heterocycles. The lowest BCUT2D eigenvalue weighted by Crippen LogP contribution is -2.53. The summed E-state index contributed by atoms with van der Waals surface area (Å²) >= 11 is 0. The van der Waals surface area contributed by atoms with E-state index in [0.717, 1.165) is 11.0 Å². The summed E-state index contributed by atoms with van der Waals surface area (Å²) in [6.07, 6.45) is 8.16. The van der Waals surface area contributed by atoms with Crippen LogP contribution in [0.5, 0.6) is 0 Å². The van der Waals surface area contributed by atoms with E-state index in [-0.39, 0.29) is 16.7 Å². The highest BCUT2D eigenvalue weighted by Gasteiger charge is 2.17. The summed E-state index contributed by atoms with van der Waals surface area (Å²) in [6, 6.07) is 5.74. The van der Waals surface area contributed by atoms with E-state index in [2.05, 4.69) is 4.98 Å². The van der Waals surface area contributed by atoms with E-state index >= 15 is 0 Å². The van der Waals surface area contributed by atoms with Crippen molar-refractivity contribution in [1.82, 2.24) is 9.55 Å². The van der Waals surface area contributed by atoms with Crippen LogP contribution < -0.4 is 21.8 Å². The predicted octanol–water partition coefficient (Wildman–Crippen LogP) is 0.771. The quantitative estimate of drug-likeness (QED) is 0.865. The first-order valence-electron chi connectivity index (χ1n) is 7.96. The van der Waals surface area contributed by atoms with Gasteiger partial charge in [-0.05, 0) is 30.7 Å². The van der Waals surface area contributed by atoms with Gasteiger partial charge in [0.15, 0.2) is 0 Å². The van der Waals surface area contributed by atoms with Crippen molar-refractivity contribution in [3.05, 3.63) is 73.4 Å². The molecule has 3 rings (SSSR count). The van der Waals surface area contributed by atoms with Crippen LogP contribution in [0.4, 0.5) is 0 Å². The lowest BCUT2D eigenvalue weighted by atomic mass is 9.87. The number of fused-ring (bicyclic) bond motifs is 1. The van der Waals surface area contributed by atoms with Crippen LogP contribution in [0.1, 0.15) is 30.6 Å². The Morgan fingerprint density at radius 2 is 2.08 bits per heavy atom. The second-order valence-corrected chi connectivity index (χ2v) is 6.28. The minimum absolute atomic E-state index is 0.00717. The van der Waals surface area contributed by atoms with Gasteiger partial charge in [-0.25, -0.2) is 14.2 Å². The summed E-state index contributed by atoms with van der Waals surface area (Å²) < 4.78 is 0.956. The van der Waals surface area contributed by atoms with Crippen molar-refractivity contribution in [1.29, 1.82) is 0 Å². The van der Waals surface area contributed by atoms with Crippen molar-refractivity contribution < 1.29 is 9.90 Å². The number of hydrogen-bond donors (Lipinski definition) is 2. The van der Waals surface area contributed by atoms with Gasteiger partial charge in [0.1, 0.15) is 0 Å². The van der Waals surface area contributed by atoms with Crippen LogP contribution in [0.2, 0.25) is 0 Å². The molecule has 1 atom stereocenters. The van der Waals surface area contributed by atoms with Crippen molar-refractivity contribution in [3.8, 4) is 5.69 Å². The molecule has 2 aromatic rings. The molecule has 0 spiro atoms. The highest BCUT2D eigenvalue weighted by atomic mass is 16.4. The number of benzene rings is 1. The molecule has 1 aromatic carbocycles. The van der Waals surface area contributed by atoms with Gasteiger partial charge in [-0.1, -0.05) is 38.1 Å². The highest BCUT2D eigenvalue weighted by Crippen LogP contribution is 2.24. The Morgan fingerprint density at radius 1 is 1.32 bits per heavy atom. The molecule has 0 saturated heterocycles. The van der Waals surface area contributed by atoms with Crippen LogP contribution in [0, 0.1) is 5.41 Å². The molecule has 1 aliphatic carbocycles. The number of H-pyrrole nitrogens is 1. The Labute approximate surface area is 143 Å². The Kier molecular flexibility index (Phi) is 4.04. The van der Waals surface area contributed by atoms with Gasteiger partial charge in [0.25, 0.3) is 5.56 Å². The fourth-order valence-corrected chi connectivity index (χ4v) is 2.82. The summed E-state index contributed by atoms with van der Waals surface area (Å²) in [5, 5.41) is 9.97. The number of nitrogens with one attached hydrogen (secondary N) is 1. The lowest BCUT2D eigenvalue weighted by Gasteiger charge is -2.18. The smallest absolute Gasteiger partial charge is 0.335 e. The second-order valence-electron chi connectivity index (χ2n) is 6.28. The van der Waals surface area contributed by atoms with Crippen molar-refractivity contribution in [3.63, 3.8) is 0 Å². The molecule has 2 N–H and O–H groups in total. The third kappa shape index (κ3) is 2.98. The summed E-state index contributed by atoms with van der Waals surface area (Å²) in [5.41, 5.74) is -1.12. The number of carboxylic acid groups (broad SMARTS) is 1. The molecular weight excluding hydrogens is 320 g/mol. The summed E-state index contributed by atoms with van der Waals surface area (Å²) in [4.78, 5) is 39.3. The molecular formula is C19H18N2O4. The van der Waals surface area contributed by atoms with Gasteiger partial charge < -0.3 is 10.1 Å². The molecule has 1 unspecified atom stereocenters. The third-order valence-corrected chi connectivity index (χ3v) is 4.50. The van der Waals surface area contributed by atoms with Crippen molar-refractivity contribution in [2.45, 2.75) is 20.3 Å². The van der Waals surface area contributed by atoms with E-state index in [1.165, 1.54) is 24.3 Å². The number of aromatic carboxylic acids is 1. The number of nitrogens with zero attached hydrogens (tertiary/aromatic N) is 1. The van der Waals surface area contributed by atoms with Crippen LogP contribution in [0.25, 0.3) is 17.8 Å². The topological polar surface area (TPSA) is 92.2 Å². The van der Waals surface area contributed by atoms with Gasteiger partial charge in [0.05, 0.1) is 21.8 Å². The first-order chi connectivity index (χ1) is 11.8. The standard InChI is InChI=1S/C19H18N2O4/c1-3-19(2)9-5-8-14-15(11-19)20-18(25)21(16(14)22)13-7-4-6-12(10-13)17(23)24/h4-11H,3H2,1-2H3,(H,20,25)(H,23,24). The monoisotopic (exact) mass is 338 g/mol. The van der Waals surface area contributed by atoms with Crippen LogP contribution >= 0.6 is 0 Å². The Morgan fingerprint density at radius 3 is 2.76 bits per heavy atom. The second kappa shape index (κ2) is 6.05. The van der Waals surface area contributed by atoms with Gasteiger partial charge in [-0.2, -0.15) is 0 Å². The minimum atomic E-state index is -1.12. The summed E-state index contributed by atoms with van der Waals surface area (Å²) in [7, 11) is 0. The maximum Gasteiger partial charge on any atom is 0.335 e. The van der Waals surface area contributed by atoms with Gasteiger partial charge in [-0.3, -0.25) is 4.79 Å². The highest BCUT2D eigenvalue weighted by molar-refractivity contribution is 5.88. The summed E-state index contributed by atoms with van der Waals surface area (Å²) in [6.45, 7) is 4.05. The molecule has 0 amide bonds. The Balaban J connectivity index is 2.34. The molecule has 6 nitrogen and oxygen atoms in total. The average Bonchev–Trinajstić information content (AvgIpc) is 2.74. The number of carboxylic acids is 1. The van der Waals surface area contributed by atoms with Crippen molar-refractivity contribution in [2.24, 2.45) is 5.41 Å². The first kappa shape index (κ1) is 16.7. The van der Waals surface area contributed by atoms with E-state index < -0.39 is 17.2 Å². The van der Waals surface area contributed by atoms with Crippen LogP contribution in [-0.2, 0) is 0 Å². The van der Waals surface area contributed by atoms with Gasteiger partial charge in [-0.15, -0.1) is 0 Å². The fourth-order valence-electron chi connectivity index (χ4n) is 2.82. The van der Waals surface area contributed by atoms with Gasteiger partial charge >= 0.3 is 11.7 Å². The Bertz CT molecular complexity index is 1120. The third-order valence-electron chi connectivity index (χ3n) is 4.50. The molecule has 128 valence electrons. The van der Waals surface area contributed by atoms with Crippen LogP contribution in [0.15, 0.2) is 46.0 Å². The SMILES string of the molecule is CCC1(C)C=CC=c2c([nH]c(=O)n(-c3cccc(C(=O)O)c3)c2=O)=C1. The number of aromatic nitrogens is 2. The summed E-state index contributed by atoms with van der Waals surface area (Å²) in [5.74, 6) is -1.12. The zero-order valence-electron chi connectivity index (χ0n) is 13.9. The van der Waals surface area contributed by atoms with Crippen molar-refractivity contribution >= 4 is 18.1 Å². The van der Waals surface area contributed by atoms with Crippen LogP contribution in [-0.4, -0.2) is 20.6 Å². The fraction of sp³-hybridized carbons (Fsp3) is 0.211. The van der Waals surface area contributed by atoms with E-state index in [0.29, 0.717) is 10.6 Å². The van der Waals surface area contributed by atoms with E-state index in [9.17, 15) is 14.4 Å². The molecule has 25 heavy (non-hydrogen) atoms. The number of aromatic amines is 1.